The van der Waals surface area contributed by atoms with Crippen LogP contribution in [0.3, 0.4) is 0 Å². The molecule has 0 aliphatic rings. The van der Waals surface area contributed by atoms with E-state index < -0.39 is 5.97 Å². The van der Waals surface area contributed by atoms with E-state index in [4.69, 9.17) is 4.74 Å². The minimum atomic E-state index is -0.933. The smallest absolute Gasteiger partial charge is 0.335 e. The highest BCUT2D eigenvalue weighted by Gasteiger charge is 2.21. The normalized spacial score (nSPS) is 11.2. The zero-order valence-corrected chi connectivity index (χ0v) is 14.2. The van der Waals surface area contributed by atoms with Gasteiger partial charge in [0.1, 0.15) is 5.82 Å². The Morgan fingerprint density at radius 2 is 2.04 bits per heavy atom. The Bertz CT molecular complexity index is 720. The number of aromatic carboxylic acids is 1. The number of benzene rings is 1. The molecule has 0 fully saturated rings. The summed E-state index contributed by atoms with van der Waals surface area (Å²) >= 11 is 0. The van der Waals surface area contributed by atoms with Crippen LogP contribution in [0.4, 0.5) is 0 Å². The molecule has 23 heavy (non-hydrogen) atoms. The topological polar surface area (TPSA) is 88.1 Å². The van der Waals surface area contributed by atoms with E-state index in [1.165, 1.54) is 0 Å². The van der Waals surface area contributed by atoms with Crippen LogP contribution in [0.25, 0.3) is 11.4 Å². The lowest BCUT2D eigenvalue weighted by molar-refractivity contribution is 0.0696. The molecule has 0 spiro atoms. The van der Waals surface area contributed by atoms with Gasteiger partial charge >= 0.3 is 5.97 Å². The molecule has 1 aromatic carbocycles. The molecule has 0 aliphatic carbocycles. The van der Waals surface area contributed by atoms with Crippen molar-refractivity contribution in [3.05, 3.63) is 34.1 Å². The van der Waals surface area contributed by atoms with Gasteiger partial charge in [-0.25, -0.2) is 9.78 Å². The molecule has 0 unspecified atom stereocenters. The van der Waals surface area contributed by atoms with Crippen LogP contribution in [-0.2, 0) is 11.2 Å². The first kappa shape index (κ1) is 17.1. The summed E-state index contributed by atoms with van der Waals surface area (Å²) in [7, 11) is 1.64. The third-order valence-electron chi connectivity index (χ3n) is 4.07. The second kappa shape index (κ2) is 6.91. The molecular weight excluding hydrogens is 294 g/mol. The van der Waals surface area contributed by atoms with E-state index in [9.17, 15) is 9.90 Å². The molecule has 0 saturated heterocycles. The van der Waals surface area contributed by atoms with E-state index in [1.807, 2.05) is 13.8 Å². The molecular formula is C17H23N3O3. The Balaban J connectivity index is 2.59. The number of carboxylic acids is 1. The minimum absolute atomic E-state index is 0.243. The zero-order valence-electron chi connectivity index (χ0n) is 14.2. The molecule has 6 nitrogen and oxygen atoms in total. The van der Waals surface area contributed by atoms with Crippen molar-refractivity contribution in [1.29, 1.82) is 0 Å². The van der Waals surface area contributed by atoms with E-state index in [0.29, 0.717) is 24.4 Å². The number of hydrogen-bond donors (Lipinski definition) is 2. The SMILES string of the molecule is COCCc1nc(-c2cc(C(=O)O)c(C)c(C)c2C(C)C)n[nH]1. The van der Waals surface area contributed by atoms with Crippen molar-refractivity contribution in [3.63, 3.8) is 0 Å². The van der Waals surface area contributed by atoms with Crippen LogP contribution >= 0.6 is 0 Å². The minimum Gasteiger partial charge on any atom is -0.478 e. The number of rotatable bonds is 6. The summed E-state index contributed by atoms with van der Waals surface area (Å²) < 4.78 is 5.04. The third-order valence-corrected chi connectivity index (χ3v) is 4.07. The van der Waals surface area contributed by atoms with E-state index in [0.717, 1.165) is 28.1 Å². The van der Waals surface area contributed by atoms with Crippen LogP contribution in [0.2, 0.25) is 0 Å². The van der Waals surface area contributed by atoms with Gasteiger partial charge in [-0.15, -0.1) is 0 Å². The Morgan fingerprint density at radius 1 is 1.35 bits per heavy atom. The van der Waals surface area contributed by atoms with Gasteiger partial charge in [0, 0.05) is 19.1 Å². The van der Waals surface area contributed by atoms with Crippen LogP contribution in [-0.4, -0.2) is 40.0 Å². The Hall–Kier alpha value is -2.21. The zero-order chi connectivity index (χ0) is 17.1. The number of ether oxygens (including phenoxy) is 1. The molecule has 2 aromatic rings. The molecule has 2 N–H and O–H groups in total. The number of aromatic amines is 1. The molecule has 2 rings (SSSR count). The molecule has 0 bridgehead atoms. The fourth-order valence-corrected chi connectivity index (χ4v) is 2.81. The fraction of sp³-hybridized carbons (Fsp3) is 0.471. The first-order chi connectivity index (χ1) is 10.9. The van der Waals surface area contributed by atoms with Gasteiger partial charge in [0.05, 0.1) is 12.2 Å². The van der Waals surface area contributed by atoms with E-state index in [2.05, 4.69) is 29.0 Å². The van der Waals surface area contributed by atoms with Gasteiger partial charge in [-0.05, 0) is 42.5 Å². The number of carbonyl (C=O) groups is 1. The average Bonchev–Trinajstić information content (AvgIpc) is 2.95. The van der Waals surface area contributed by atoms with Gasteiger partial charge in [-0.2, -0.15) is 5.10 Å². The summed E-state index contributed by atoms with van der Waals surface area (Å²) in [6.45, 7) is 8.53. The Labute approximate surface area is 135 Å². The van der Waals surface area contributed by atoms with Crippen molar-refractivity contribution >= 4 is 5.97 Å². The summed E-state index contributed by atoms with van der Waals surface area (Å²) in [6, 6.07) is 1.68. The molecule has 1 heterocycles. The second-order valence-electron chi connectivity index (χ2n) is 5.94. The van der Waals surface area contributed by atoms with Crippen molar-refractivity contribution in [2.75, 3.05) is 13.7 Å². The van der Waals surface area contributed by atoms with E-state index in [-0.39, 0.29) is 5.92 Å². The largest absolute Gasteiger partial charge is 0.478 e. The van der Waals surface area contributed by atoms with Gasteiger partial charge in [0.2, 0.25) is 0 Å². The van der Waals surface area contributed by atoms with Crippen molar-refractivity contribution in [1.82, 2.24) is 15.2 Å². The summed E-state index contributed by atoms with van der Waals surface area (Å²) in [5.41, 5.74) is 3.94. The van der Waals surface area contributed by atoms with Crippen LogP contribution in [0.5, 0.6) is 0 Å². The second-order valence-corrected chi connectivity index (χ2v) is 5.94. The average molecular weight is 317 g/mol. The maximum atomic E-state index is 11.5. The van der Waals surface area contributed by atoms with E-state index in [1.54, 1.807) is 13.2 Å². The highest BCUT2D eigenvalue weighted by molar-refractivity contribution is 5.92. The lowest BCUT2D eigenvalue weighted by Crippen LogP contribution is -2.07. The molecule has 124 valence electrons. The van der Waals surface area contributed by atoms with E-state index >= 15 is 0 Å². The van der Waals surface area contributed by atoms with Crippen molar-refractivity contribution < 1.29 is 14.6 Å². The first-order valence-corrected chi connectivity index (χ1v) is 7.64. The maximum Gasteiger partial charge on any atom is 0.335 e. The number of H-pyrrole nitrogens is 1. The van der Waals surface area contributed by atoms with Gasteiger partial charge < -0.3 is 9.84 Å². The Kier molecular flexibility index (Phi) is 5.15. The molecule has 0 saturated carbocycles. The molecule has 0 atom stereocenters. The third kappa shape index (κ3) is 3.42. The maximum absolute atomic E-state index is 11.5. The van der Waals surface area contributed by atoms with Crippen molar-refractivity contribution in [2.24, 2.45) is 0 Å². The predicted molar refractivity (Wildman–Crippen MR) is 87.9 cm³/mol. The highest BCUT2D eigenvalue weighted by atomic mass is 16.5. The predicted octanol–water partition coefficient (Wildman–Crippen LogP) is 3.10. The van der Waals surface area contributed by atoms with Crippen LogP contribution in [0.15, 0.2) is 6.07 Å². The number of hydrogen-bond acceptors (Lipinski definition) is 4. The summed E-state index contributed by atoms with van der Waals surface area (Å²) in [6.07, 6.45) is 0.636. The Morgan fingerprint density at radius 3 is 2.61 bits per heavy atom. The van der Waals surface area contributed by atoms with Crippen molar-refractivity contribution in [3.8, 4) is 11.4 Å². The quantitative estimate of drug-likeness (QED) is 0.854. The van der Waals surface area contributed by atoms with Crippen LogP contribution in [0, 0.1) is 13.8 Å². The lowest BCUT2D eigenvalue weighted by atomic mass is 9.87. The molecule has 0 radical (unpaired) electrons. The van der Waals surface area contributed by atoms with Crippen molar-refractivity contribution in [2.45, 2.75) is 40.0 Å². The highest BCUT2D eigenvalue weighted by Crippen LogP contribution is 2.33. The van der Waals surface area contributed by atoms with Gasteiger partial charge in [-0.3, -0.25) is 5.10 Å². The van der Waals surface area contributed by atoms with Gasteiger partial charge in [0.25, 0.3) is 0 Å². The van der Waals surface area contributed by atoms with Gasteiger partial charge in [0.15, 0.2) is 5.82 Å². The fourth-order valence-electron chi connectivity index (χ4n) is 2.81. The number of nitrogens with one attached hydrogen (secondary N) is 1. The lowest BCUT2D eigenvalue weighted by Gasteiger charge is -2.18. The molecule has 0 aliphatic heterocycles. The number of aromatic nitrogens is 3. The van der Waals surface area contributed by atoms with Gasteiger partial charge in [-0.1, -0.05) is 13.8 Å². The standard InChI is InChI=1S/C17H23N3O3/c1-9(2)15-11(4)10(3)12(17(21)22)8-13(15)16-18-14(19-20-16)6-7-23-5/h8-9H,6-7H2,1-5H3,(H,21,22)(H,18,19,20). The molecule has 6 heteroatoms. The van der Waals surface area contributed by atoms with Crippen LogP contribution in [0.1, 0.15) is 52.6 Å². The van der Waals surface area contributed by atoms with Crippen LogP contribution < -0.4 is 0 Å². The molecule has 1 aromatic heterocycles. The summed E-state index contributed by atoms with van der Waals surface area (Å²) in [5, 5.41) is 16.6. The number of nitrogens with zero attached hydrogens (tertiary/aromatic N) is 2. The number of methoxy groups -OCH3 is 1. The summed E-state index contributed by atoms with van der Waals surface area (Å²) in [5.74, 6) is 0.571. The molecule has 0 amide bonds. The first-order valence-electron chi connectivity index (χ1n) is 7.64. The number of carboxylic acid groups (broad SMARTS) is 1. The monoisotopic (exact) mass is 317 g/mol. The summed E-state index contributed by atoms with van der Waals surface area (Å²) in [4.78, 5) is 16.0.